The van der Waals surface area contributed by atoms with Crippen LogP contribution >= 0.6 is 0 Å². The van der Waals surface area contributed by atoms with Crippen molar-refractivity contribution in [1.82, 2.24) is 0 Å². The van der Waals surface area contributed by atoms with Gasteiger partial charge in [-0.2, -0.15) is 0 Å². The topological polar surface area (TPSA) is 0 Å². The second-order valence-electron chi connectivity index (χ2n) is 3.73. The molecule has 2 aromatic rings. The monoisotopic (exact) mass is 235 g/mol. The summed E-state index contributed by atoms with van der Waals surface area (Å²) in [5.41, 5.74) is 7.06. The minimum absolute atomic E-state index is 0.242. The quantitative estimate of drug-likeness (QED) is 0.708. The van der Waals surface area contributed by atoms with Crippen LogP contribution in [0.25, 0.3) is 12.2 Å². The van der Waals surface area contributed by atoms with Gasteiger partial charge in [-0.1, -0.05) is 84.2 Å². The predicted molar refractivity (Wildman–Crippen MR) is 78.1 cm³/mol. The molecule has 0 heterocycles. The highest BCUT2D eigenvalue weighted by molar-refractivity contribution is 6.50. The third-order valence-electron chi connectivity index (χ3n) is 2.40. The summed E-state index contributed by atoms with van der Waals surface area (Å²) in [7, 11) is 0.242. The summed E-state index contributed by atoms with van der Waals surface area (Å²) in [6, 6.07) is 20.8. The zero-order valence-electron chi connectivity index (χ0n) is 9.66. The van der Waals surface area contributed by atoms with E-state index in [1.807, 2.05) is 12.1 Å². The van der Waals surface area contributed by atoms with Crippen molar-refractivity contribution in [1.29, 1.82) is 0 Å². The maximum absolute atomic E-state index is 2.26. The van der Waals surface area contributed by atoms with Crippen molar-refractivity contribution in [2.45, 2.75) is 0 Å². The number of rotatable bonds is 4. The van der Waals surface area contributed by atoms with Crippen molar-refractivity contribution in [3.8, 4) is 0 Å². The van der Waals surface area contributed by atoms with Crippen molar-refractivity contribution in [2.24, 2.45) is 0 Å². The molecule has 0 atom stereocenters. The van der Waals surface area contributed by atoms with Gasteiger partial charge < -0.3 is 0 Å². The Bertz CT molecular complexity index is 436. The van der Waals surface area contributed by atoms with E-state index in [2.05, 4.69) is 72.1 Å². The first kappa shape index (κ1) is 11.6. The molecule has 0 aromatic heterocycles. The summed E-state index contributed by atoms with van der Waals surface area (Å²) < 4.78 is 0. The zero-order chi connectivity index (χ0) is 11.8. The summed E-state index contributed by atoms with van der Waals surface area (Å²) in [6.45, 7) is 0. The van der Waals surface area contributed by atoms with Crippen LogP contribution in [-0.4, -0.2) is 9.52 Å². The van der Waals surface area contributed by atoms with Gasteiger partial charge in [-0.3, -0.25) is 0 Å². The Hall–Kier alpha value is -1.86. The van der Waals surface area contributed by atoms with Crippen LogP contribution in [0, 0.1) is 0 Å². The van der Waals surface area contributed by atoms with Gasteiger partial charge in [0.1, 0.15) is 0 Å². The van der Waals surface area contributed by atoms with E-state index in [0.29, 0.717) is 0 Å². The lowest BCUT2D eigenvalue weighted by Gasteiger charge is -1.90. The molecular formula is C16H15Si. The van der Waals surface area contributed by atoms with E-state index in [-0.39, 0.29) is 9.52 Å². The Balaban J connectivity index is 1.84. The first-order chi connectivity index (χ1) is 8.45. The van der Waals surface area contributed by atoms with Gasteiger partial charge in [-0.15, -0.1) is 0 Å². The zero-order valence-corrected chi connectivity index (χ0v) is 10.8. The molecule has 0 saturated carbocycles. The van der Waals surface area contributed by atoms with E-state index in [0.717, 1.165) is 0 Å². The van der Waals surface area contributed by atoms with Crippen molar-refractivity contribution >= 4 is 21.7 Å². The Morgan fingerprint density at radius 2 is 1.00 bits per heavy atom. The SMILES string of the molecule is C(=Cc1ccccc1)[SiH]C=Cc1ccccc1. The second kappa shape index (κ2) is 6.66. The Kier molecular flexibility index (Phi) is 4.55. The summed E-state index contributed by atoms with van der Waals surface area (Å²) in [5, 5.41) is 0. The summed E-state index contributed by atoms with van der Waals surface area (Å²) in [6.07, 6.45) is 4.37. The van der Waals surface area contributed by atoms with Crippen molar-refractivity contribution in [2.75, 3.05) is 0 Å². The standard InChI is InChI=1S/C16H15Si/c1-3-7-15(8-4-1)11-13-17-14-12-16-9-5-2-6-10-16/h1-14,17H. The molecule has 0 fully saturated rings. The van der Waals surface area contributed by atoms with Gasteiger partial charge in [0.2, 0.25) is 0 Å². The lowest BCUT2D eigenvalue weighted by Crippen LogP contribution is -1.78. The fraction of sp³-hybridized carbons (Fsp3) is 0. The average Bonchev–Trinajstić information content (AvgIpc) is 2.41. The van der Waals surface area contributed by atoms with Gasteiger partial charge in [0, 0.05) is 0 Å². The molecule has 0 unspecified atom stereocenters. The van der Waals surface area contributed by atoms with E-state index in [4.69, 9.17) is 0 Å². The molecule has 0 bridgehead atoms. The van der Waals surface area contributed by atoms with Crippen LogP contribution in [0.15, 0.2) is 72.1 Å². The van der Waals surface area contributed by atoms with Gasteiger partial charge in [-0.25, -0.2) is 0 Å². The number of hydrogen-bond donors (Lipinski definition) is 0. The molecule has 0 aliphatic carbocycles. The highest BCUT2D eigenvalue weighted by Gasteiger charge is 1.83. The number of benzene rings is 2. The van der Waals surface area contributed by atoms with Crippen molar-refractivity contribution in [3.05, 3.63) is 83.2 Å². The van der Waals surface area contributed by atoms with Crippen LogP contribution in [-0.2, 0) is 0 Å². The molecule has 2 aromatic carbocycles. The molecular weight excluding hydrogens is 220 g/mol. The maximum atomic E-state index is 2.26. The third kappa shape index (κ3) is 4.25. The first-order valence-electron chi connectivity index (χ1n) is 5.73. The maximum Gasteiger partial charge on any atom is 0.0838 e. The lowest BCUT2D eigenvalue weighted by atomic mass is 10.2. The highest BCUT2D eigenvalue weighted by atomic mass is 28.2. The van der Waals surface area contributed by atoms with Crippen molar-refractivity contribution < 1.29 is 0 Å². The third-order valence-corrected chi connectivity index (χ3v) is 3.23. The van der Waals surface area contributed by atoms with Gasteiger partial charge >= 0.3 is 0 Å². The molecule has 0 spiro atoms. The van der Waals surface area contributed by atoms with Crippen LogP contribution in [0.3, 0.4) is 0 Å². The Morgan fingerprint density at radius 3 is 1.41 bits per heavy atom. The minimum atomic E-state index is 0.242. The summed E-state index contributed by atoms with van der Waals surface area (Å²) in [5.74, 6) is 0. The smallest absolute Gasteiger partial charge is 0.0838 e. The predicted octanol–water partition coefficient (Wildman–Crippen LogP) is 3.76. The van der Waals surface area contributed by atoms with Crippen LogP contribution in [0.2, 0.25) is 0 Å². The molecule has 17 heavy (non-hydrogen) atoms. The molecule has 0 N–H and O–H groups in total. The molecule has 2 rings (SSSR count). The van der Waals surface area contributed by atoms with Crippen molar-refractivity contribution in [3.63, 3.8) is 0 Å². The Morgan fingerprint density at radius 1 is 0.588 bits per heavy atom. The molecule has 0 aliphatic heterocycles. The van der Waals surface area contributed by atoms with Crippen LogP contribution in [0.4, 0.5) is 0 Å². The fourth-order valence-corrected chi connectivity index (χ4v) is 2.32. The second-order valence-corrected chi connectivity index (χ2v) is 4.89. The van der Waals surface area contributed by atoms with E-state index < -0.39 is 0 Å². The molecule has 1 radical (unpaired) electrons. The highest BCUT2D eigenvalue weighted by Crippen LogP contribution is 2.02. The lowest BCUT2D eigenvalue weighted by molar-refractivity contribution is 1.66. The minimum Gasteiger partial charge on any atom is -0.0948 e. The van der Waals surface area contributed by atoms with E-state index in [1.165, 1.54) is 11.1 Å². The Labute approximate surface area is 105 Å². The average molecular weight is 235 g/mol. The molecule has 0 nitrogen and oxygen atoms in total. The van der Waals surface area contributed by atoms with E-state index in [9.17, 15) is 0 Å². The van der Waals surface area contributed by atoms with Gasteiger partial charge in [-0.05, 0) is 11.1 Å². The van der Waals surface area contributed by atoms with Gasteiger partial charge in [0.15, 0.2) is 0 Å². The van der Waals surface area contributed by atoms with Gasteiger partial charge in [0.05, 0.1) is 9.52 Å². The first-order valence-corrected chi connectivity index (χ1v) is 7.07. The van der Waals surface area contributed by atoms with Crippen LogP contribution in [0.5, 0.6) is 0 Å². The van der Waals surface area contributed by atoms with Gasteiger partial charge in [0.25, 0.3) is 0 Å². The molecule has 0 saturated heterocycles. The van der Waals surface area contributed by atoms with E-state index >= 15 is 0 Å². The summed E-state index contributed by atoms with van der Waals surface area (Å²) in [4.78, 5) is 0. The van der Waals surface area contributed by atoms with Crippen LogP contribution < -0.4 is 0 Å². The normalized spacial score (nSPS) is 11.3. The van der Waals surface area contributed by atoms with E-state index in [1.54, 1.807) is 0 Å². The van der Waals surface area contributed by atoms with Crippen LogP contribution in [0.1, 0.15) is 11.1 Å². The molecule has 0 amide bonds. The largest absolute Gasteiger partial charge is 0.0948 e. The molecule has 1 heteroatoms. The number of hydrogen-bond acceptors (Lipinski definition) is 0. The summed E-state index contributed by atoms with van der Waals surface area (Å²) >= 11 is 0. The molecule has 83 valence electrons. The fourth-order valence-electron chi connectivity index (χ4n) is 1.53. The molecule has 0 aliphatic rings.